The zero-order chi connectivity index (χ0) is 24.2. The summed E-state index contributed by atoms with van der Waals surface area (Å²) in [7, 11) is 0. The van der Waals surface area contributed by atoms with E-state index < -0.39 is 0 Å². The maximum absolute atomic E-state index is 13.0. The normalized spacial score (nSPS) is 11.1. The molecule has 0 saturated carbocycles. The van der Waals surface area contributed by atoms with Gasteiger partial charge in [0.05, 0.1) is 6.61 Å². The first-order valence-corrected chi connectivity index (χ1v) is 11.5. The molecule has 0 radical (unpaired) electrons. The van der Waals surface area contributed by atoms with Crippen molar-refractivity contribution in [1.82, 2.24) is 4.57 Å². The van der Waals surface area contributed by atoms with Crippen molar-refractivity contribution < 1.29 is 24.2 Å². The summed E-state index contributed by atoms with van der Waals surface area (Å²) in [5.41, 5.74) is 3.61. The van der Waals surface area contributed by atoms with Crippen molar-refractivity contribution in [3.8, 4) is 5.75 Å². The fraction of sp³-hybridized carbons (Fsp3) is 0.250. The van der Waals surface area contributed by atoms with Crippen molar-refractivity contribution in [1.29, 1.82) is 0 Å². The van der Waals surface area contributed by atoms with Gasteiger partial charge in [-0.3, -0.25) is 14.4 Å². The molecular weight excluding hydrogens is 430 g/mol. The number of fused-ring (bicyclic) bond motifs is 3. The number of phenols is 1. The summed E-state index contributed by atoms with van der Waals surface area (Å²) in [6, 6.07) is 17.5. The highest BCUT2D eigenvalue weighted by Gasteiger charge is 2.16. The van der Waals surface area contributed by atoms with Crippen LogP contribution in [0.1, 0.15) is 59.4 Å². The Morgan fingerprint density at radius 1 is 0.794 bits per heavy atom. The second-order valence-corrected chi connectivity index (χ2v) is 8.17. The van der Waals surface area contributed by atoms with Crippen LogP contribution in [-0.4, -0.2) is 33.8 Å². The fourth-order valence-electron chi connectivity index (χ4n) is 4.31. The number of hydrogen-bond acceptors (Lipinski definition) is 5. The molecule has 0 aliphatic rings. The number of esters is 1. The van der Waals surface area contributed by atoms with Gasteiger partial charge in [-0.25, -0.2) is 0 Å². The molecule has 4 aromatic rings. The van der Waals surface area contributed by atoms with E-state index in [-0.39, 0.29) is 36.1 Å². The molecule has 1 heterocycles. The van der Waals surface area contributed by atoms with E-state index in [1.165, 1.54) is 12.1 Å². The number of phenolic OH excluding ortho intramolecular Hbond substituents is 1. The average Bonchev–Trinajstić information content (AvgIpc) is 3.16. The number of aromatic nitrogens is 1. The molecule has 34 heavy (non-hydrogen) atoms. The Kier molecular flexibility index (Phi) is 6.77. The standard InChI is InChI=1S/C28H27NO5/c1-3-29-24-14-10-19(26(31)6-5-7-27(32)34-4-2)16-22(24)23-17-20(11-15-25(23)29)28(33)18-8-12-21(30)13-9-18/h8-17,30H,3-7H2,1-2H3. The average molecular weight is 458 g/mol. The SMILES string of the molecule is CCOC(=O)CCCC(=O)c1ccc2c(c1)c1cc(C(=O)c3ccc(O)cc3)ccc1n2CC. The van der Waals surface area contributed by atoms with Crippen LogP contribution in [0.15, 0.2) is 60.7 Å². The summed E-state index contributed by atoms with van der Waals surface area (Å²) < 4.78 is 7.09. The Hall–Kier alpha value is -3.93. The molecule has 1 N–H and O–H groups in total. The molecule has 0 amide bonds. The lowest BCUT2D eigenvalue weighted by atomic mass is 9.99. The topological polar surface area (TPSA) is 85.6 Å². The van der Waals surface area contributed by atoms with Gasteiger partial charge < -0.3 is 14.4 Å². The fourth-order valence-corrected chi connectivity index (χ4v) is 4.31. The van der Waals surface area contributed by atoms with E-state index in [2.05, 4.69) is 11.5 Å². The molecular formula is C28H27NO5. The van der Waals surface area contributed by atoms with E-state index in [9.17, 15) is 19.5 Å². The van der Waals surface area contributed by atoms with Gasteiger partial charge in [0.2, 0.25) is 0 Å². The molecule has 0 fully saturated rings. The maximum Gasteiger partial charge on any atom is 0.305 e. The second kappa shape index (κ2) is 9.91. The number of nitrogens with zero attached hydrogens (tertiary/aromatic N) is 1. The Balaban J connectivity index is 1.68. The number of aryl methyl sites for hydroxylation is 1. The van der Waals surface area contributed by atoms with Crippen molar-refractivity contribution in [3.63, 3.8) is 0 Å². The minimum atomic E-state index is -0.289. The van der Waals surface area contributed by atoms with Crippen LogP contribution >= 0.6 is 0 Å². The third kappa shape index (κ3) is 4.57. The number of ketones is 2. The monoisotopic (exact) mass is 457 g/mol. The zero-order valence-corrected chi connectivity index (χ0v) is 19.3. The molecule has 4 rings (SSSR count). The summed E-state index contributed by atoms with van der Waals surface area (Å²) in [5, 5.41) is 11.3. The number of ether oxygens (including phenoxy) is 1. The highest BCUT2D eigenvalue weighted by atomic mass is 16.5. The number of benzene rings is 3. The van der Waals surface area contributed by atoms with Gasteiger partial charge >= 0.3 is 5.97 Å². The van der Waals surface area contributed by atoms with Crippen molar-refractivity contribution in [2.24, 2.45) is 0 Å². The lowest BCUT2D eigenvalue weighted by Gasteiger charge is -2.05. The molecule has 174 valence electrons. The Labute approximate surface area is 197 Å². The predicted octanol–water partition coefficient (Wildman–Crippen LogP) is 5.67. The number of rotatable bonds is 9. The highest BCUT2D eigenvalue weighted by molar-refractivity contribution is 6.15. The number of hydrogen-bond donors (Lipinski definition) is 1. The van der Waals surface area contributed by atoms with Crippen molar-refractivity contribution >= 4 is 39.3 Å². The van der Waals surface area contributed by atoms with E-state index in [0.29, 0.717) is 29.7 Å². The largest absolute Gasteiger partial charge is 0.508 e. The van der Waals surface area contributed by atoms with Crippen LogP contribution in [-0.2, 0) is 16.1 Å². The van der Waals surface area contributed by atoms with Crippen molar-refractivity contribution in [3.05, 3.63) is 77.4 Å². The summed E-state index contributed by atoms with van der Waals surface area (Å²) in [5.74, 6) is -0.342. The van der Waals surface area contributed by atoms with Crippen LogP contribution in [0.25, 0.3) is 21.8 Å². The molecule has 6 heteroatoms. The summed E-state index contributed by atoms with van der Waals surface area (Å²) >= 11 is 0. The van der Waals surface area contributed by atoms with Crippen LogP contribution in [0.5, 0.6) is 5.75 Å². The van der Waals surface area contributed by atoms with Crippen LogP contribution in [0, 0.1) is 0 Å². The van der Waals surface area contributed by atoms with E-state index in [0.717, 1.165) is 28.4 Å². The van der Waals surface area contributed by atoms with E-state index >= 15 is 0 Å². The van der Waals surface area contributed by atoms with Crippen LogP contribution in [0.4, 0.5) is 0 Å². The molecule has 0 atom stereocenters. The number of aromatic hydroxyl groups is 1. The quantitative estimate of drug-likeness (QED) is 0.259. The van der Waals surface area contributed by atoms with Crippen LogP contribution in [0.3, 0.4) is 0 Å². The molecule has 6 nitrogen and oxygen atoms in total. The van der Waals surface area contributed by atoms with Gasteiger partial charge in [0.15, 0.2) is 11.6 Å². The third-order valence-corrected chi connectivity index (χ3v) is 5.98. The van der Waals surface area contributed by atoms with Gasteiger partial charge in [-0.2, -0.15) is 0 Å². The minimum absolute atomic E-state index is 0.0279. The molecule has 0 saturated heterocycles. The number of carbonyl (C=O) groups is 3. The number of carbonyl (C=O) groups excluding carboxylic acids is 3. The summed E-state index contributed by atoms with van der Waals surface area (Å²) in [4.78, 5) is 37.4. The lowest BCUT2D eigenvalue weighted by molar-refractivity contribution is -0.143. The van der Waals surface area contributed by atoms with Gasteiger partial charge in [-0.15, -0.1) is 0 Å². The molecule has 3 aromatic carbocycles. The van der Waals surface area contributed by atoms with Gasteiger partial charge in [0, 0.05) is 57.9 Å². The number of Topliss-reactive ketones (excluding diaryl/α,β-unsaturated/α-hetero) is 1. The smallest absolute Gasteiger partial charge is 0.305 e. The van der Waals surface area contributed by atoms with Gasteiger partial charge in [-0.1, -0.05) is 0 Å². The molecule has 0 unspecified atom stereocenters. The van der Waals surface area contributed by atoms with Crippen LogP contribution in [0.2, 0.25) is 0 Å². The molecule has 0 bridgehead atoms. The van der Waals surface area contributed by atoms with Crippen molar-refractivity contribution in [2.45, 2.75) is 39.7 Å². The third-order valence-electron chi connectivity index (χ3n) is 5.98. The molecule has 0 spiro atoms. The predicted molar refractivity (Wildman–Crippen MR) is 131 cm³/mol. The molecule has 0 aliphatic heterocycles. The van der Waals surface area contributed by atoms with E-state index in [1.807, 2.05) is 36.4 Å². The van der Waals surface area contributed by atoms with E-state index in [4.69, 9.17) is 4.74 Å². The molecule has 1 aromatic heterocycles. The lowest BCUT2D eigenvalue weighted by Crippen LogP contribution is -2.05. The van der Waals surface area contributed by atoms with Crippen molar-refractivity contribution in [2.75, 3.05) is 6.61 Å². The summed E-state index contributed by atoms with van der Waals surface area (Å²) in [6.45, 7) is 4.90. The first-order chi connectivity index (χ1) is 16.4. The molecule has 0 aliphatic carbocycles. The van der Waals surface area contributed by atoms with Gasteiger partial charge in [0.25, 0.3) is 0 Å². The zero-order valence-electron chi connectivity index (χ0n) is 19.3. The summed E-state index contributed by atoms with van der Waals surface area (Å²) in [6.07, 6.45) is 0.929. The highest BCUT2D eigenvalue weighted by Crippen LogP contribution is 2.31. The first kappa shape index (κ1) is 23.2. The Morgan fingerprint density at radius 2 is 1.38 bits per heavy atom. The van der Waals surface area contributed by atoms with E-state index in [1.54, 1.807) is 19.1 Å². The maximum atomic E-state index is 13.0. The van der Waals surface area contributed by atoms with Crippen LogP contribution < -0.4 is 0 Å². The Bertz CT molecular complexity index is 1380. The van der Waals surface area contributed by atoms with Gasteiger partial charge in [-0.05, 0) is 80.9 Å². The second-order valence-electron chi connectivity index (χ2n) is 8.17. The first-order valence-electron chi connectivity index (χ1n) is 11.5. The minimum Gasteiger partial charge on any atom is -0.508 e. The Morgan fingerprint density at radius 3 is 2.00 bits per heavy atom. The van der Waals surface area contributed by atoms with Gasteiger partial charge in [0.1, 0.15) is 5.75 Å².